The highest BCUT2D eigenvalue weighted by molar-refractivity contribution is 5.47. The summed E-state index contributed by atoms with van der Waals surface area (Å²) in [5.74, 6) is 0.552. The largest absolute Gasteiger partial charge is 0.393 e. The van der Waals surface area contributed by atoms with Crippen molar-refractivity contribution in [2.24, 2.45) is 5.41 Å². The Labute approximate surface area is 157 Å². The Kier molecular flexibility index (Phi) is 4.38. The van der Waals surface area contributed by atoms with E-state index in [0.717, 1.165) is 58.0 Å². The van der Waals surface area contributed by atoms with Gasteiger partial charge in [-0.3, -0.25) is 0 Å². The molecule has 1 saturated heterocycles. The van der Waals surface area contributed by atoms with Gasteiger partial charge in [-0.15, -0.1) is 0 Å². The van der Waals surface area contributed by atoms with E-state index in [9.17, 15) is 5.11 Å². The fraction of sp³-hybridized carbons (Fsp3) is 0.739. The predicted molar refractivity (Wildman–Crippen MR) is 101 cm³/mol. The van der Waals surface area contributed by atoms with Crippen molar-refractivity contribution in [3.05, 3.63) is 34.4 Å². The van der Waals surface area contributed by atoms with Crippen LogP contribution in [0.25, 0.3) is 0 Å². The number of hydrogen-bond acceptors (Lipinski definition) is 3. The SMILES string of the molecule is CC12CCc3c(ccc4c3CC[C@H](OC3CCCCO3)C4)C1CC[C@@H]2O. The van der Waals surface area contributed by atoms with Crippen LogP contribution in [0.5, 0.6) is 0 Å². The first kappa shape index (κ1) is 17.2. The number of fused-ring (bicyclic) bond motifs is 5. The lowest BCUT2D eigenvalue weighted by Gasteiger charge is -2.42. The molecule has 3 aliphatic carbocycles. The molecule has 1 N–H and O–H groups in total. The van der Waals surface area contributed by atoms with Gasteiger partial charge in [-0.1, -0.05) is 19.1 Å². The molecule has 0 bridgehead atoms. The molecule has 3 unspecified atom stereocenters. The van der Waals surface area contributed by atoms with Gasteiger partial charge in [-0.25, -0.2) is 0 Å². The van der Waals surface area contributed by atoms with E-state index in [0.29, 0.717) is 12.0 Å². The molecule has 26 heavy (non-hydrogen) atoms. The zero-order valence-corrected chi connectivity index (χ0v) is 16.0. The second kappa shape index (κ2) is 6.61. The molecule has 5 rings (SSSR count). The predicted octanol–water partition coefficient (Wildman–Crippen LogP) is 4.28. The Hall–Kier alpha value is -0.900. The first-order valence-corrected chi connectivity index (χ1v) is 10.7. The van der Waals surface area contributed by atoms with E-state index < -0.39 is 0 Å². The number of aliphatic hydroxyl groups excluding tert-OH is 1. The molecular weight excluding hydrogens is 324 g/mol. The van der Waals surface area contributed by atoms with Gasteiger partial charge in [-0.2, -0.15) is 0 Å². The lowest BCUT2D eigenvalue weighted by Crippen LogP contribution is -2.36. The van der Waals surface area contributed by atoms with Crippen LogP contribution >= 0.6 is 0 Å². The van der Waals surface area contributed by atoms with Crippen molar-refractivity contribution in [2.75, 3.05) is 6.61 Å². The van der Waals surface area contributed by atoms with E-state index in [1.54, 1.807) is 16.7 Å². The zero-order chi connectivity index (χ0) is 17.7. The Bertz CT molecular complexity index is 678. The van der Waals surface area contributed by atoms with Crippen molar-refractivity contribution in [3.8, 4) is 0 Å². The van der Waals surface area contributed by atoms with Crippen molar-refractivity contribution in [1.29, 1.82) is 0 Å². The molecular formula is C23H32O3. The highest BCUT2D eigenvalue weighted by Gasteiger charge is 2.49. The molecule has 1 aromatic carbocycles. The molecule has 5 atom stereocenters. The number of aliphatic hydroxyl groups is 1. The van der Waals surface area contributed by atoms with Crippen LogP contribution in [0.15, 0.2) is 12.1 Å². The molecule has 4 aliphatic rings. The average Bonchev–Trinajstić information content (AvgIpc) is 2.97. The van der Waals surface area contributed by atoms with Crippen LogP contribution in [0.3, 0.4) is 0 Å². The van der Waals surface area contributed by atoms with Gasteiger partial charge >= 0.3 is 0 Å². The molecule has 0 spiro atoms. The Morgan fingerprint density at radius 2 is 2.00 bits per heavy atom. The van der Waals surface area contributed by atoms with Crippen molar-refractivity contribution in [1.82, 2.24) is 0 Å². The van der Waals surface area contributed by atoms with Crippen LogP contribution in [0.1, 0.15) is 80.0 Å². The summed E-state index contributed by atoms with van der Waals surface area (Å²) in [5, 5.41) is 10.5. The number of rotatable bonds is 2. The summed E-state index contributed by atoms with van der Waals surface area (Å²) in [6.07, 6.45) is 11.4. The molecule has 1 saturated carbocycles. The van der Waals surface area contributed by atoms with Crippen LogP contribution in [0.4, 0.5) is 0 Å². The first-order valence-electron chi connectivity index (χ1n) is 10.7. The third kappa shape index (κ3) is 2.75. The number of hydrogen-bond donors (Lipinski definition) is 1. The van der Waals surface area contributed by atoms with Crippen molar-refractivity contribution >= 4 is 0 Å². The molecule has 142 valence electrons. The lowest BCUT2D eigenvalue weighted by molar-refractivity contribution is -0.189. The van der Waals surface area contributed by atoms with Crippen LogP contribution in [0.2, 0.25) is 0 Å². The summed E-state index contributed by atoms with van der Waals surface area (Å²) in [6, 6.07) is 4.75. The van der Waals surface area contributed by atoms with E-state index in [4.69, 9.17) is 9.47 Å². The van der Waals surface area contributed by atoms with Gasteiger partial charge < -0.3 is 14.6 Å². The summed E-state index contributed by atoms with van der Waals surface area (Å²) in [6.45, 7) is 3.17. The van der Waals surface area contributed by atoms with Crippen molar-refractivity contribution < 1.29 is 14.6 Å². The molecule has 1 aliphatic heterocycles. The van der Waals surface area contributed by atoms with E-state index in [-0.39, 0.29) is 17.8 Å². The second-order valence-electron chi connectivity index (χ2n) is 9.22. The lowest BCUT2D eigenvalue weighted by atomic mass is 9.64. The third-order valence-electron chi connectivity index (χ3n) is 7.79. The molecule has 3 nitrogen and oxygen atoms in total. The third-order valence-corrected chi connectivity index (χ3v) is 7.79. The van der Waals surface area contributed by atoms with Gasteiger partial charge in [-0.05, 0) is 92.4 Å². The summed E-state index contributed by atoms with van der Waals surface area (Å²) in [5.41, 5.74) is 6.36. The minimum atomic E-state index is -0.120. The summed E-state index contributed by atoms with van der Waals surface area (Å²) in [7, 11) is 0. The zero-order valence-electron chi connectivity index (χ0n) is 16.0. The fourth-order valence-corrected chi connectivity index (χ4v) is 6.15. The van der Waals surface area contributed by atoms with Crippen LogP contribution < -0.4 is 0 Å². The van der Waals surface area contributed by atoms with Crippen molar-refractivity contribution in [2.45, 2.75) is 95.5 Å². The highest BCUT2D eigenvalue weighted by atomic mass is 16.7. The molecule has 0 amide bonds. The molecule has 1 heterocycles. The smallest absolute Gasteiger partial charge is 0.157 e. The van der Waals surface area contributed by atoms with E-state index in [1.807, 2.05) is 0 Å². The minimum absolute atomic E-state index is 0.0219. The van der Waals surface area contributed by atoms with Gasteiger partial charge in [0.05, 0.1) is 12.2 Å². The molecule has 0 aromatic heterocycles. The Morgan fingerprint density at radius 1 is 1.08 bits per heavy atom. The van der Waals surface area contributed by atoms with E-state index in [2.05, 4.69) is 19.1 Å². The van der Waals surface area contributed by atoms with Gasteiger partial charge in [0.15, 0.2) is 6.29 Å². The maximum absolute atomic E-state index is 10.5. The Balaban J connectivity index is 1.36. The minimum Gasteiger partial charge on any atom is -0.393 e. The van der Waals surface area contributed by atoms with Gasteiger partial charge in [0, 0.05) is 12.0 Å². The molecule has 0 radical (unpaired) electrons. The topological polar surface area (TPSA) is 38.7 Å². The van der Waals surface area contributed by atoms with Gasteiger partial charge in [0.1, 0.15) is 0 Å². The highest BCUT2D eigenvalue weighted by Crippen LogP contribution is 2.56. The van der Waals surface area contributed by atoms with Crippen LogP contribution in [-0.2, 0) is 28.7 Å². The van der Waals surface area contributed by atoms with Crippen molar-refractivity contribution in [3.63, 3.8) is 0 Å². The number of ether oxygens (including phenoxy) is 2. The maximum atomic E-state index is 10.5. The molecule has 2 fully saturated rings. The maximum Gasteiger partial charge on any atom is 0.157 e. The second-order valence-corrected chi connectivity index (χ2v) is 9.22. The van der Waals surface area contributed by atoms with Crippen LogP contribution in [-0.4, -0.2) is 30.2 Å². The average molecular weight is 357 g/mol. The van der Waals surface area contributed by atoms with E-state index in [1.165, 1.54) is 18.4 Å². The quantitative estimate of drug-likeness (QED) is 0.860. The summed E-state index contributed by atoms with van der Waals surface area (Å²) >= 11 is 0. The normalized spacial score (nSPS) is 39.2. The fourth-order valence-electron chi connectivity index (χ4n) is 6.15. The van der Waals surface area contributed by atoms with Crippen LogP contribution in [0, 0.1) is 5.41 Å². The monoisotopic (exact) mass is 356 g/mol. The molecule has 3 heteroatoms. The van der Waals surface area contributed by atoms with E-state index >= 15 is 0 Å². The number of benzene rings is 1. The standard InChI is InChI=1S/C23H32O3/c1-23-12-11-18-17-8-6-16(26-22-4-2-3-13-25-22)14-15(17)5-7-19(18)20(23)9-10-21(23)24/h5,7,16,20-22,24H,2-4,6,8-14H2,1H3/t16-,20?,21-,22?,23?/m0/s1. The summed E-state index contributed by atoms with van der Waals surface area (Å²) < 4.78 is 12.1. The van der Waals surface area contributed by atoms with Gasteiger partial charge in [0.2, 0.25) is 0 Å². The Morgan fingerprint density at radius 3 is 2.85 bits per heavy atom. The first-order chi connectivity index (χ1) is 12.6. The molecule has 1 aromatic rings. The summed E-state index contributed by atoms with van der Waals surface area (Å²) in [4.78, 5) is 0. The van der Waals surface area contributed by atoms with Gasteiger partial charge in [0.25, 0.3) is 0 Å².